The normalized spacial score (nSPS) is 10.7. The number of fused-ring (bicyclic) bond motifs is 1. The maximum Gasteiger partial charge on any atom is 0.340 e. The molecule has 3 rings (SSSR count). The first kappa shape index (κ1) is 15.4. The third-order valence-electron chi connectivity index (χ3n) is 3.67. The number of benzene rings is 2. The molecule has 0 N–H and O–H groups in total. The smallest absolute Gasteiger partial charge is 0.340 e. The Morgan fingerprint density at radius 2 is 1.70 bits per heavy atom. The summed E-state index contributed by atoms with van der Waals surface area (Å²) in [5.41, 5.74) is 1.68. The van der Waals surface area contributed by atoms with Crippen LogP contribution in [0.25, 0.3) is 10.9 Å². The molecule has 0 atom stereocenters. The topological polar surface area (TPSA) is 48.3 Å². The van der Waals surface area contributed by atoms with Crippen LogP contribution in [0.2, 0.25) is 0 Å². The number of carbonyl (C=O) groups excluding carboxylic acids is 2. The van der Waals surface area contributed by atoms with Gasteiger partial charge in [0.15, 0.2) is 0 Å². The van der Waals surface area contributed by atoms with E-state index in [1.165, 1.54) is 23.4 Å². The molecule has 0 bridgehead atoms. The number of hydrogen-bond acceptors (Lipinski definition) is 4. The standard InChI is InChI=1S/C18H15NO3S/c1-22-18(21)14-11-19(15-9-5-3-7-12(14)15)17(20)13-8-4-6-10-16(13)23-2/h3-11H,1-2H3. The van der Waals surface area contributed by atoms with Gasteiger partial charge in [0.1, 0.15) is 0 Å². The van der Waals surface area contributed by atoms with Crippen molar-refractivity contribution in [3.05, 3.63) is 65.9 Å². The van der Waals surface area contributed by atoms with Crippen LogP contribution in [-0.2, 0) is 4.74 Å². The number of nitrogens with zero attached hydrogens (tertiary/aromatic N) is 1. The molecule has 0 amide bonds. The lowest BCUT2D eigenvalue weighted by Crippen LogP contribution is -2.12. The van der Waals surface area contributed by atoms with Gasteiger partial charge in [0.2, 0.25) is 0 Å². The van der Waals surface area contributed by atoms with Crippen molar-refractivity contribution in [2.45, 2.75) is 4.90 Å². The number of ether oxygens (including phenoxy) is 1. The van der Waals surface area contributed by atoms with Crippen LogP contribution in [0.4, 0.5) is 0 Å². The molecule has 0 saturated carbocycles. The van der Waals surface area contributed by atoms with Crippen molar-refractivity contribution in [1.29, 1.82) is 0 Å². The van der Waals surface area contributed by atoms with Crippen molar-refractivity contribution in [1.82, 2.24) is 4.57 Å². The van der Waals surface area contributed by atoms with Gasteiger partial charge in [-0.25, -0.2) is 4.79 Å². The fraction of sp³-hybridized carbons (Fsp3) is 0.111. The molecule has 0 fully saturated rings. The molecular weight excluding hydrogens is 310 g/mol. The van der Waals surface area contributed by atoms with Gasteiger partial charge in [-0.15, -0.1) is 11.8 Å². The van der Waals surface area contributed by atoms with Crippen molar-refractivity contribution in [2.24, 2.45) is 0 Å². The zero-order valence-corrected chi connectivity index (χ0v) is 13.6. The summed E-state index contributed by atoms with van der Waals surface area (Å²) in [5.74, 6) is -0.618. The number of para-hydroxylation sites is 1. The van der Waals surface area contributed by atoms with Gasteiger partial charge in [-0.3, -0.25) is 9.36 Å². The Labute approximate surface area is 138 Å². The Kier molecular flexibility index (Phi) is 4.21. The Morgan fingerprint density at radius 3 is 2.43 bits per heavy atom. The van der Waals surface area contributed by atoms with Crippen molar-refractivity contribution in [2.75, 3.05) is 13.4 Å². The summed E-state index contributed by atoms with van der Waals surface area (Å²) >= 11 is 1.52. The van der Waals surface area contributed by atoms with E-state index >= 15 is 0 Å². The van der Waals surface area contributed by atoms with E-state index in [4.69, 9.17) is 4.74 Å². The van der Waals surface area contributed by atoms with Gasteiger partial charge >= 0.3 is 5.97 Å². The largest absolute Gasteiger partial charge is 0.465 e. The minimum atomic E-state index is -0.453. The van der Waals surface area contributed by atoms with Crippen LogP contribution >= 0.6 is 11.8 Å². The van der Waals surface area contributed by atoms with Gasteiger partial charge in [-0.1, -0.05) is 30.3 Å². The van der Waals surface area contributed by atoms with E-state index in [0.29, 0.717) is 22.0 Å². The molecule has 23 heavy (non-hydrogen) atoms. The Balaban J connectivity index is 2.20. The predicted molar refractivity (Wildman–Crippen MR) is 91.2 cm³/mol. The quantitative estimate of drug-likeness (QED) is 0.542. The Morgan fingerprint density at radius 1 is 1.00 bits per heavy atom. The van der Waals surface area contributed by atoms with Gasteiger partial charge in [0, 0.05) is 16.5 Å². The fourth-order valence-electron chi connectivity index (χ4n) is 2.57. The second kappa shape index (κ2) is 6.30. The average molecular weight is 325 g/mol. The molecule has 0 spiro atoms. The van der Waals surface area contributed by atoms with E-state index in [1.54, 1.807) is 12.3 Å². The number of thioether (sulfide) groups is 1. The van der Waals surface area contributed by atoms with Gasteiger partial charge in [-0.05, 0) is 24.5 Å². The summed E-state index contributed by atoms with van der Waals surface area (Å²) in [6, 6.07) is 14.7. The molecule has 0 unspecified atom stereocenters. The van der Waals surface area contributed by atoms with E-state index in [-0.39, 0.29) is 5.91 Å². The van der Waals surface area contributed by atoms with E-state index in [0.717, 1.165) is 4.90 Å². The highest BCUT2D eigenvalue weighted by Gasteiger charge is 2.20. The van der Waals surface area contributed by atoms with Crippen molar-refractivity contribution >= 4 is 34.5 Å². The fourth-order valence-corrected chi connectivity index (χ4v) is 3.16. The second-order valence-electron chi connectivity index (χ2n) is 4.93. The lowest BCUT2D eigenvalue weighted by atomic mass is 10.2. The number of methoxy groups -OCH3 is 1. The van der Waals surface area contributed by atoms with Crippen molar-refractivity contribution < 1.29 is 14.3 Å². The van der Waals surface area contributed by atoms with Crippen molar-refractivity contribution in [3.63, 3.8) is 0 Å². The molecule has 1 heterocycles. The molecular formula is C18H15NO3S. The van der Waals surface area contributed by atoms with Crippen LogP contribution in [0.15, 0.2) is 59.6 Å². The summed E-state index contributed by atoms with van der Waals surface area (Å²) in [6.07, 6.45) is 3.48. The lowest BCUT2D eigenvalue weighted by molar-refractivity contribution is 0.0603. The van der Waals surface area contributed by atoms with Crippen LogP contribution in [0.5, 0.6) is 0 Å². The first-order chi connectivity index (χ1) is 11.2. The molecule has 0 aliphatic heterocycles. The van der Waals surface area contributed by atoms with Crippen LogP contribution in [0.1, 0.15) is 20.7 Å². The first-order valence-electron chi connectivity index (χ1n) is 7.03. The molecule has 1 aromatic heterocycles. The van der Waals surface area contributed by atoms with Gasteiger partial charge in [-0.2, -0.15) is 0 Å². The summed E-state index contributed by atoms with van der Waals surface area (Å²) in [6.45, 7) is 0. The minimum Gasteiger partial charge on any atom is -0.465 e. The van der Waals surface area contributed by atoms with Crippen LogP contribution in [0, 0.1) is 0 Å². The summed E-state index contributed by atoms with van der Waals surface area (Å²) in [7, 11) is 1.33. The third-order valence-corrected chi connectivity index (χ3v) is 4.47. The zero-order valence-electron chi connectivity index (χ0n) is 12.8. The zero-order chi connectivity index (χ0) is 16.4. The number of carbonyl (C=O) groups is 2. The van der Waals surface area contributed by atoms with E-state index in [1.807, 2.05) is 48.7 Å². The highest BCUT2D eigenvalue weighted by atomic mass is 32.2. The molecule has 5 heteroatoms. The summed E-state index contributed by atoms with van der Waals surface area (Å²) in [5, 5.41) is 0.703. The maximum atomic E-state index is 13.0. The molecule has 4 nitrogen and oxygen atoms in total. The second-order valence-corrected chi connectivity index (χ2v) is 5.78. The number of rotatable bonds is 3. The molecule has 0 aliphatic rings. The Bertz CT molecular complexity index is 898. The predicted octanol–water partition coefficient (Wildman–Crippen LogP) is 3.84. The number of hydrogen-bond donors (Lipinski definition) is 0. The third kappa shape index (κ3) is 2.64. The lowest BCUT2D eigenvalue weighted by Gasteiger charge is -2.08. The first-order valence-corrected chi connectivity index (χ1v) is 8.26. The average Bonchev–Trinajstić information content (AvgIpc) is 3.00. The van der Waals surface area contributed by atoms with Gasteiger partial charge in [0.25, 0.3) is 5.91 Å². The molecule has 116 valence electrons. The van der Waals surface area contributed by atoms with Gasteiger partial charge in [0.05, 0.1) is 23.8 Å². The van der Waals surface area contributed by atoms with Gasteiger partial charge < -0.3 is 4.74 Å². The maximum absolute atomic E-state index is 13.0. The van der Waals surface area contributed by atoms with E-state index in [2.05, 4.69) is 0 Å². The van der Waals surface area contributed by atoms with Crippen LogP contribution in [0.3, 0.4) is 0 Å². The highest BCUT2D eigenvalue weighted by molar-refractivity contribution is 7.98. The number of esters is 1. The molecule has 2 aromatic carbocycles. The molecule has 3 aromatic rings. The molecule has 0 saturated heterocycles. The Hall–Kier alpha value is -2.53. The van der Waals surface area contributed by atoms with Crippen LogP contribution < -0.4 is 0 Å². The number of aromatic nitrogens is 1. The van der Waals surface area contributed by atoms with Crippen molar-refractivity contribution in [3.8, 4) is 0 Å². The van der Waals surface area contributed by atoms with E-state index < -0.39 is 5.97 Å². The minimum absolute atomic E-state index is 0.165. The monoisotopic (exact) mass is 325 g/mol. The molecule has 0 radical (unpaired) electrons. The summed E-state index contributed by atoms with van der Waals surface area (Å²) < 4.78 is 6.33. The molecule has 0 aliphatic carbocycles. The highest BCUT2D eigenvalue weighted by Crippen LogP contribution is 2.26. The van der Waals surface area contributed by atoms with E-state index in [9.17, 15) is 9.59 Å². The van der Waals surface area contributed by atoms with Crippen LogP contribution in [-0.4, -0.2) is 29.8 Å². The summed E-state index contributed by atoms with van der Waals surface area (Å²) in [4.78, 5) is 25.8. The SMILES string of the molecule is COC(=O)c1cn(C(=O)c2ccccc2SC)c2ccccc12.